The van der Waals surface area contributed by atoms with Crippen LogP contribution in [0, 0.1) is 0 Å². The van der Waals surface area contributed by atoms with Crippen LogP contribution in [0.15, 0.2) is 18.2 Å². The van der Waals surface area contributed by atoms with Crippen molar-refractivity contribution in [1.29, 1.82) is 0 Å². The van der Waals surface area contributed by atoms with E-state index in [9.17, 15) is 0 Å². The zero-order chi connectivity index (χ0) is 13.9. The lowest BCUT2D eigenvalue weighted by molar-refractivity contribution is -0.150. The van der Waals surface area contributed by atoms with Gasteiger partial charge < -0.3 is 14.8 Å². The van der Waals surface area contributed by atoms with Gasteiger partial charge in [0, 0.05) is 26.2 Å². The molecule has 6 nitrogen and oxygen atoms in total. The van der Waals surface area contributed by atoms with Gasteiger partial charge in [-0.25, -0.2) is 0 Å². The first-order valence-electron chi connectivity index (χ1n) is 7.59. The Balaban J connectivity index is 1.32. The van der Waals surface area contributed by atoms with Gasteiger partial charge in [-0.05, 0) is 17.7 Å². The average molecular weight is 288 g/mol. The predicted molar refractivity (Wildman–Crippen MR) is 76.9 cm³/mol. The molecule has 1 N–H and O–H groups in total. The van der Waals surface area contributed by atoms with E-state index in [1.807, 2.05) is 6.07 Å². The third-order valence-electron chi connectivity index (χ3n) is 4.88. The molecule has 0 spiro atoms. The van der Waals surface area contributed by atoms with E-state index in [-0.39, 0.29) is 5.54 Å². The van der Waals surface area contributed by atoms with Crippen molar-refractivity contribution < 1.29 is 9.47 Å². The molecule has 5 aliphatic heterocycles. The number of hydrogen-bond acceptors (Lipinski definition) is 6. The third kappa shape index (κ3) is 2.02. The minimum atomic E-state index is 0.213. The van der Waals surface area contributed by atoms with Gasteiger partial charge in [-0.15, -0.1) is 0 Å². The van der Waals surface area contributed by atoms with E-state index in [0.717, 1.165) is 57.7 Å². The molecular formula is C15H20N4O2. The Kier molecular flexibility index (Phi) is 2.52. The van der Waals surface area contributed by atoms with E-state index in [2.05, 4.69) is 32.1 Å². The molecule has 4 saturated heterocycles. The van der Waals surface area contributed by atoms with Crippen LogP contribution in [0.4, 0.5) is 0 Å². The standard InChI is InChI=1S/C15H20N4O2/c1-2-13-14(21-11-20-13)3-12(1)4-16-15-5-17-8-18(6-15)10-19(7-15)9-17/h1-3,16H,4-11H2. The van der Waals surface area contributed by atoms with Crippen LogP contribution in [0.25, 0.3) is 0 Å². The second kappa shape index (κ2) is 4.33. The zero-order valence-electron chi connectivity index (χ0n) is 12.0. The van der Waals surface area contributed by atoms with Gasteiger partial charge in [0.2, 0.25) is 6.79 Å². The molecule has 1 aromatic rings. The number of benzene rings is 1. The predicted octanol–water partition coefficient (Wildman–Crippen LogP) is 0.0630. The molecule has 0 aromatic heterocycles. The van der Waals surface area contributed by atoms with Crippen molar-refractivity contribution in [3.05, 3.63) is 23.8 Å². The van der Waals surface area contributed by atoms with Gasteiger partial charge in [-0.3, -0.25) is 14.7 Å². The van der Waals surface area contributed by atoms with Crippen molar-refractivity contribution >= 4 is 0 Å². The first-order valence-corrected chi connectivity index (χ1v) is 7.59. The molecule has 6 rings (SSSR count). The molecule has 0 atom stereocenters. The van der Waals surface area contributed by atoms with Gasteiger partial charge in [-0.2, -0.15) is 0 Å². The van der Waals surface area contributed by atoms with Crippen LogP contribution in [-0.4, -0.2) is 66.7 Å². The third-order valence-corrected chi connectivity index (χ3v) is 4.88. The summed E-state index contributed by atoms with van der Waals surface area (Å²) < 4.78 is 10.8. The van der Waals surface area contributed by atoms with Gasteiger partial charge in [0.05, 0.1) is 25.5 Å². The second-order valence-electron chi connectivity index (χ2n) is 6.73. The van der Waals surface area contributed by atoms with Crippen molar-refractivity contribution in [1.82, 2.24) is 20.0 Å². The molecule has 6 heteroatoms. The van der Waals surface area contributed by atoms with Crippen LogP contribution in [0.2, 0.25) is 0 Å². The molecule has 5 aliphatic rings. The minimum absolute atomic E-state index is 0.213. The van der Waals surface area contributed by atoms with E-state index >= 15 is 0 Å². The largest absolute Gasteiger partial charge is 0.454 e. The average Bonchev–Trinajstić information content (AvgIpc) is 2.91. The van der Waals surface area contributed by atoms with Crippen molar-refractivity contribution in [3.8, 4) is 11.5 Å². The highest BCUT2D eigenvalue weighted by Gasteiger charge is 2.48. The summed E-state index contributed by atoms with van der Waals surface area (Å²) in [6, 6.07) is 6.23. The summed E-state index contributed by atoms with van der Waals surface area (Å²) in [4.78, 5) is 7.59. The van der Waals surface area contributed by atoms with Crippen LogP contribution in [0.3, 0.4) is 0 Å². The summed E-state index contributed by atoms with van der Waals surface area (Å²) in [6.07, 6.45) is 0. The van der Waals surface area contributed by atoms with Crippen molar-refractivity contribution in [3.63, 3.8) is 0 Å². The Labute approximate surface area is 124 Å². The van der Waals surface area contributed by atoms with E-state index in [0.29, 0.717) is 6.79 Å². The lowest BCUT2D eigenvalue weighted by Crippen LogP contribution is -2.79. The fourth-order valence-electron chi connectivity index (χ4n) is 4.22. The molecule has 0 saturated carbocycles. The summed E-state index contributed by atoms with van der Waals surface area (Å²) in [6.45, 7) is 8.08. The van der Waals surface area contributed by atoms with Crippen LogP contribution in [0.1, 0.15) is 5.56 Å². The fourth-order valence-corrected chi connectivity index (χ4v) is 4.22. The van der Waals surface area contributed by atoms with E-state index in [1.165, 1.54) is 5.56 Å². The number of nitrogens with one attached hydrogen (secondary N) is 1. The van der Waals surface area contributed by atoms with Crippen LogP contribution >= 0.6 is 0 Å². The highest BCUT2D eigenvalue weighted by Crippen LogP contribution is 2.33. The molecule has 0 aliphatic carbocycles. The van der Waals surface area contributed by atoms with Gasteiger partial charge >= 0.3 is 0 Å². The molecule has 0 amide bonds. The molecule has 0 unspecified atom stereocenters. The first-order chi connectivity index (χ1) is 10.3. The molecule has 112 valence electrons. The molecule has 1 aromatic carbocycles. The zero-order valence-corrected chi connectivity index (χ0v) is 12.0. The number of hydrogen-bond donors (Lipinski definition) is 1. The maximum absolute atomic E-state index is 5.46. The quantitative estimate of drug-likeness (QED) is 0.848. The number of fused-ring (bicyclic) bond motifs is 1. The van der Waals surface area contributed by atoms with Gasteiger partial charge in [0.25, 0.3) is 0 Å². The molecule has 4 bridgehead atoms. The van der Waals surface area contributed by atoms with E-state index < -0.39 is 0 Å². The number of rotatable bonds is 3. The Morgan fingerprint density at radius 2 is 1.62 bits per heavy atom. The van der Waals surface area contributed by atoms with Crippen LogP contribution in [0.5, 0.6) is 11.5 Å². The topological polar surface area (TPSA) is 40.2 Å². The van der Waals surface area contributed by atoms with Crippen LogP contribution in [-0.2, 0) is 6.54 Å². The SMILES string of the molecule is c1cc2c(cc1CNC13CN4CN(CN(C4)C1)C3)OCO2. The fraction of sp³-hybridized carbons (Fsp3) is 0.600. The Bertz CT molecular complexity index is 542. The minimum Gasteiger partial charge on any atom is -0.454 e. The monoisotopic (exact) mass is 288 g/mol. The molecule has 21 heavy (non-hydrogen) atoms. The van der Waals surface area contributed by atoms with Crippen molar-refractivity contribution in [2.75, 3.05) is 46.4 Å². The molecular weight excluding hydrogens is 268 g/mol. The Morgan fingerprint density at radius 1 is 0.952 bits per heavy atom. The second-order valence-corrected chi connectivity index (χ2v) is 6.73. The van der Waals surface area contributed by atoms with E-state index in [1.54, 1.807) is 0 Å². The number of ether oxygens (including phenoxy) is 2. The van der Waals surface area contributed by atoms with Crippen LogP contribution < -0.4 is 14.8 Å². The maximum Gasteiger partial charge on any atom is 0.231 e. The van der Waals surface area contributed by atoms with Crippen molar-refractivity contribution in [2.45, 2.75) is 12.1 Å². The highest BCUT2D eigenvalue weighted by molar-refractivity contribution is 5.44. The summed E-state index contributed by atoms with van der Waals surface area (Å²) in [5.74, 6) is 1.73. The van der Waals surface area contributed by atoms with Gasteiger partial charge in [0.1, 0.15) is 0 Å². The first kappa shape index (κ1) is 12.2. The Morgan fingerprint density at radius 3 is 2.33 bits per heavy atom. The summed E-state index contributed by atoms with van der Waals surface area (Å²) in [5, 5.41) is 3.81. The molecule has 5 heterocycles. The summed E-state index contributed by atoms with van der Waals surface area (Å²) in [5.41, 5.74) is 1.47. The maximum atomic E-state index is 5.46. The van der Waals surface area contributed by atoms with Gasteiger partial charge in [-0.1, -0.05) is 6.07 Å². The van der Waals surface area contributed by atoms with Crippen molar-refractivity contribution in [2.24, 2.45) is 0 Å². The summed E-state index contributed by atoms with van der Waals surface area (Å²) in [7, 11) is 0. The molecule has 0 radical (unpaired) electrons. The van der Waals surface area contributed by atoms with Gasteiger partial charge in [0.15, 0.2) is 11.5 Å². The smallest absolute Gasteiger partial charge is 0.231 e. The van der Waals surface area contributed by atoms with E-state index in [4.69, 9.17) is 9.47 Å². The summed E-state index contributed by atoms with van der Waals surface area (Å²) >= 11 is 0. The lowest BCUT2D eigenvalue weighted by Gasteiger charge is -2.60. The number of nitrogens with zero attached hydrogens (tertiary/aromatic N) is 3. The molecule has 4 fully saturated rings. The highest BCUT2D eigenvalue weighted by atomic mass is 16.7. The lowest BCUT2D eigenvalue weighted by atomic mass is 9.90. The Hall–Kier alpha value is -1.34. The normalized spacial score (nSPS) is 39.0.